The van der Waals surface area contributed by atoms with Crippen molar-refractivity contribution < 1.29 is 13.2 Å². The van der Waals surface area contributed by atoms with Gasteiger partial charge in [0.05, 0.1) is 12.3 Å². The Kier molecular flexibility index (Phi) is 5.33. The minimum atomic E-state index is -3.51. The van der Waals surface area contributed by atoms with Crippen LogP contribution in [0.2, 0.25) is 0 Å². The summed E-state index contributed by atoms with van der Waals surface area (Å²) in [5.74, 6) is -0.633. The number of carbonyl (C=O) groups is 1. The van der Waals surface area contributed by atoms with Crippen molar-refractivity contribution in [2.75, 3.05) is 25.4 Å². The lowest BCUT2D eigenvalue weighted by Gasteiger charge is -2.26. The first-order chi connectivity index (χ1) is 9.99. The molecule has 1 aliphatic heterocycles. The van der Waals surface area contributed by atoms with Gasteiger partial charge in [-0.15, -0.1) is 0 Å². The Morgan fingerprint density at radius 2 is 2.05 bits per heavy atom. The smallest absolute Gasteiger partial charge is 0.232 e. The van der Waals surface area contributed by atoms with Gasteiger partial charge >= 0.3 is 0 Å². The molecule has 1 fully saturated rings. The monoisotopic (exact) mass is 311 g/mol. The van der Waals surface area contributed by atoms with Crippen LogP contribution in [0.1, 0.15) is 12.0 Å². The lowest BCUT2D eigenvalue weighted by Crippen LogP contribution is -2.47. The van der Waals surface area contributed by atoms with Crippen molar-refractivity contribution in [2.45, 2.75) is 18.9 Å². The minimum absolute atomic E-state index is 0.0131. The van der Waals surface area contributed by atoms with Gasteiger partial charge in [0, 0.05) is 12.6 Å². The molecular formula is C14H21N3O3S. The van der Waals surface area contributed by atoms with E-state index < -0.39 is 15.9 Å². The summed E-state index contributed by atoms with van der Waals surface area (Å²) in [5, 5.41) is 3.11. The van der Waals surface area contributed by atoms with E-state index in [1.807, 2.05) is 30.3 Å². The average Bonchev–Trinajstić information content (AvgIpc) is 2.97. The van der Waals surface area contributed by atoms with Gasteiger partial charge in [-0.3, -0.25) is 4.79 Å². The molecule has 1 aromatic rings. The molecule has 3 N–H and O–H groups in total. The van der Waals surface area contributed by atoms with Crippen molar-refractivity contribution >= 4 is 15.9 Å². The number of hydrogen-bond donors (Lipinski definition) is 2. The molecule has 1 amide bonds. The van der Waals surface area contributed by atoms with Gasteiger partial charge in [-0.1, -0.05) is 30.3 Å². The van der Waals surface area contributed by atoms with E-state index in [0.29, 0.717) is 19.4 Å². The van der Waals surface area contributed by atoms with E-state index in [1.54, 1.807) is 0 Å². The number of aryl methyl sites for hydroxylation is 1. The summed E-state index contributed by atoms with van der Waals surface area (Å²) < 4.78 is 26.3. The van der Waals surface area contributed by atoms with E-state index >= 15 is 0 Å². The van der Waals surface area contributed by atoms with Crippen LogP contribution in [0.4, 0.5) is 0 Å². The molecule has 2 rings (SSSR count). The Morgan fingerprint density at radius 3 is 2.62 bits per heavy atom. The van der Waals surface area contributed by atoms with Gasteiger partial charge < -0.3 is 11.1 Å². The molecule has 1 aliphatic rings. The van der Waals surface area contributed by atoms with Crippen LogP contribution in [0.15, 0.2) is 30.3 Å². The predicted octanol–water partition coefficient (Wildman–Crippen LogP) is -0.292. The van der Waals surface area contributed by atoms with Crippen LogP contribution in [0.5, 0.6) is 0 Å². The van der Waals surface area contributed by atoms with Crippen LogP contribution in [-0.2, 0) is 21.2 Å². The number of hydrogen-bond acceptors (Lipinski definition) is 4. The number of primary amides is 1. The summed E-state index contributed by atoms with van der Waals surface area (Å²) in [4.78, 5) is 11.2. The number of nitrogens with one attached hydrogen (secondary N) is 1. The maximum Gasteiger partial charge on any atom is 0.232 e. The van der Waals surface area contributed by atoms with Crippen molar-refractivity contribution in [2.24, 2.45) is 5.73 Å². The summed E-state index contributed by atoms with van der Waals surface area (Å²) in [6.45, 7) is 1.08. The highest BCUT2D eigenvalue weighted by Crippen LogP contribution is 2.15. The average molecular weight is 311 g/mol. The van der Waals surface area contributed by atoms with E-state index in [9.17, 15) is 13.2 Å². The Bertz CT molecular complexity index is 568. The van der Waals surface area contributed by atoms with Gasteiger partial charge in [0.1, 0.15) is 0 Å². The lowest BCUT2D eigenvalue weighted by molar-refractivity contribution is -0.118. The van der Waals surface area contributed by atoms with Crippen LogP contribution >= 0.6 is 0 Å². The second-order valence-electron chi connectivity index (χ2n) is 5.21. The maximum absolute atomic E-state index is 12.5. The highest BCUT2D eigenvalue weighted by molar-refractivity contribution is 7.89. The molecule has 0 aliphatic carbocycles. The van der Waals surface area contributed by atoms with Gasteiger partial charge in [0.2, 0.25) is 15.9 Å². The number of amides is 1. The van der Waals surface area contributed by atoms with Crippen LogP contribution in [0.25, 0.3) is 0 Å². The fourth-order valence-corrected chi connectivity index (χ4v) is 4.19. The Balaban J connectivity index is 2.07. The van der Waals surface area contributed by atoms with E-state index in [0.717, 1.165) is 12.1 Å². The normalized spacial score (nSPS) is 19.0. The van der Waals surface area contributed by atoms with Crippen LogP contribution in [0.3, 0.4) is 0 Å². The van der Waals surface area contributed by atoms with Gasteiger partial charge in [-0.05, 0) is 24.9 Å². The summed E-state index contributed by atoms with van der Waals surface area (Å²) >= 11 is 0. The van der Waals surface area contributed by atoms with Gasteiger partial charge in [0.15, 0.2) is 0 Å². The summed E-state index contributed by atoms with van der Waals surface area (Å²) in [7, 11) is -3.51. The molecule has 7 heteroatoms. The minimum Gasteiger partial charge on any atom is -0.369 e. The maximum atomic E-state index is 12.5. The Labute approximate surface area is 125 Å². The number of nitrogens with zero attached hydrogens (tertiary/aromatic N) is 1. The zero-order valence-electron chi connectivity index (χ0n) is 11.9. The first-order valence-corrected chi connectivity index (χ1v) is 8.62. The third-order valence-electron chi connectivity index (χ3n) is 3.60. The van der Waals surface area contributed by atoms with Crippen molar-refractivity contribution in [1.29, 1.82) is 0 Å². The number of sulfonamides is 1. The van der Waals surface area contributed by atoms with Crippen LogP contribution < -0.4 is 11.1 Å². The van der Waals surface area contributed by atoms with Crippen LogP contribution in [-0.4, -0.2) is 50.1 Å². The molecule has 0 saturated carbocycles. The molecular weight excluding hydrogens is 290 g/mol. The van der Waals surface area contributed by atoms with Gasteiger partial charge in [-0.25, -0.2) is 8.42 Å². The number of nitrogens with two attached hydrogens (primary N) is 1. The Hall–Kier alpha value is -1.44. The SMILES string of the molecule is NC(=O)CN(C1CCNC1)S(=O)(=O)CCc1ccccc1. The molecule has 1 aromatic carbocycles. The molecule has 1 atom stereocenters. The van der Waals surface area contributed by atoms with Gasteiger partial charge in [0.25, 0.3) is 0 Å². The van der Waals surface area contributed by atoms with Gasteiger partial charge in [-0.2, -0.15) is 4.31 Å². The molecule has 0 bridgehead atoms. The summed E-state index contributed by atoms with van der Waals surface area (Å²) in [6, 6.07) is 9.25. The van der Waals surface area contributed by atoms with Crippen molar-refractivity contribution in [3.63, 3.8) is 0 Å². The molecule has 6 nitrogen and oxygen atoms in total. The van der Waals surface area contributed by atoms with E-state index in [-0.39, 0.29) is 18.3 Å². The fraction of sp³-hybridized carbons (Fsp3) is 0.500. The molecule has 0 spiro atoms. The predicted molar refractivity (Wildman–Crippen MR) is 81.1 cm³/mol. The second-order valence-corrected chi connectivity index (χ2v) is 7.25. The van der Waals surface area contributed by atoms with E-state index in [4.69, 9.17) is 5.73 Å². The zero-order chi connectivity index (χ0) is 15.3. The molecule has 0 radical (unpaired) electrons. The number of carbonyl (C=O) groups excluding carboxylic acids is 1. The first kappa shape index (κ1) is 15.9. The topological polar surface area (TPSA) is 92.5 Å². The largest absolute Gasteiger partial charge is 0.369 e. The lowest BCUT2D eigenvalue weighted by atomic mass is 10.2. The summed E-state index contributed by atoms with van der Waals surface area (Å²) in [6.07, 6.45) is 1.14. The van der Waals surface area contributed by atoms with Crippen molar-refractivity contribution in [3.05, 3.63) is 35.9 Å². The third kappa shape index (κ3) is 4.52. The number of rotatable bonds is 7. The molecule has 1 unspecified atom stereocenters. The highest BCUT2D eigenvalue weighted by atomic mass is 32.2. The molecule has 1 heterocycles. The second kappa shape index (κ2) is 7.02. The quantitative estimate of drug-likeness (QED) is 0.723. The molecule has 1 saturated heterocycles. The van der Waals surface area contributed by atoms with E-state index in [2.05, 4.69) is 5.32 Å². The van der Waals surface area contributed by atoms with Crippen LogP contribution in [0, 0.1) is 0 Å². The molecule has 0 aromatic heterocycles. The Morgan fingerprint density at radius 1 is 1.33 bits per heavy atom. The number of benzene rings is 1. The van der Waals surface area contributed by atoms with E-state index in [1.165, 1.54) is 4.31 Å². The fourth-order valence-electron chi connectivity index (χ4n) is 2.50. The van der Waals surface area contributed by atoms with Crippen molar-refractivity contribution in [3.8, 4) is 0 Å². The standard InChI is InChI=1S/C14H21N3O3S/c15-14(18)11-17(13-6-8-16-10-13)21(19,20)9-7-12-4-2-1-3-5-12/h1-5,13,16H,6-11H2,(H2,15,18). The molecule has 21 heavy (non-hydrogen) atoms. The summed E-state index contributed by atoms with van der Waals surface area (Å²) in [5.41, 5.74) is 6.16. The molecule has 116 valence electrons. The van der Waals surface area contributed by atoms with Crippen molar-refractivity contribution in [1.82, 2.24) is 9.62 Å². The first-order valence-electron chi connectivity index (χ1n) is 7.01. The third-order valence-corrected chi connectivity index (χ3v) is 5.46. The zero-order valence-corrected chi connectivity index (χ0v) is 12.7. The highest BCUT2D eigenvalue weighted by Gasteiger charge is 2.32.